The number of furan rings is 1. The van der Waals surface area contributed by atoms with E-state index in [2.05, 4.69) is 5.32 Å². The lowest BCUT2D eigenvalue weighted by Crippen LogP contribution is -2.44. The predicted molar refractivity (Wildman–Crippen MR) is 90.2 cm³/mol. The first kappa shape index (κ1) is 18.1. The topological polar surface area (TPSA) is 71.7 Å². The van der Waals surface area contributed by atoms with Gasteiger partial charge in [0.1, 0.15) is 16.9 Å². The fourth-order valence-electron chi connectivity index (χ4n) is 2.63. The van der Waals surface area contributed by atoms with E-state index >= 15 is 0 Å². The van der Waals surface area contributed by atoms with Crippen molar-refractivity contribution in [3.05, 3.63) is 36.4 Å². The third kappa shape index (κ3) is 3.20. The second-order valence-corrected chi connectivity index (χ2v) is 6.14. The number of anilines is 1. The molecule has 0 radical (unpaired) electrons. The van der Waals surface area contributed by atoms with Crippen LogP contribution in [-0.4, -0.2) is 29.9 Å². The Morgan fingerprint density at radius 1 is 1.19 bits per heavy atom. The summed E-state index contributed by atoms with van der Waals surface area (Å²) in [5.74, 6) is -0.731. The van der Waals surface area contributed by atoms with Crippen LogP contribution in [0.3, 0.4) is 0 Å². The van der Waals surface area contributed by atoms with E-state index in [9.17, 15) is 23.1 Å². The first-order valence-electron chi connectivity index (χ1n) is 7.70. The highest BCUT2D eigenvalue weighted by atomic mass is 19.4. The minimum atomic E-state index is -4.92. The van der Waals surface area contributed by atoms with E-state index in [1.807, 2.05) is 18.2 Å². The largest absolute Gasteiger partial charge is 0.495 e. The third-order valence-corrected chi connectivity index (χ3v) is 4.09. The predicted octanol–water partition coefficient (Wildman–Crippen LogP) is 4.24. The molecule has 0 spiro atoms. The molecule has 26 heavy (non-hydrogen) atoms. The van der Waals surface area contributed by atoms with Crippen molar-refractivity contribution in [2.45, 2.75) is 25.1 Å². The number of aliphatic hydroxyl groups is 1. The molecule has 1 unspecified atom stereocenters. The van der Waals surface area contributed by atoms with Gasteiger partial charge in [0.15, 0.2) is 5.60 Å². The minimum Gasteiger partial charge on any atom is -0.495 e. The number of ether oxygens (including phenoxy) is 1. The van der Waals surface area contributed by atoms with E-state index in [-0.39, 0.29) is 11.4 Å². The summed E-state index contributed by atoms with van der Waals surface area (Å²) in [5, 5.41) is 13.4. The third-order valence-electron chi connectivity index (χ3n) is 4.09. The Morgan fingerprint density at radius 2 is 1.88 bits per heavy atom. The molecule has 1 atom stereocenters. The number of halogens is 3. The lowest BCUT2D eigenvalue weighted by atomic mass is 10.0. The van der Waals surface area contributed by atoms with Crippen LogP contribution < -0.4 is 10.1 Å². The van der Waals surface area contributed by atoms with Crippen LogP contribution in [0.15, 0.2) is 40.8 Å². The number of hydrogen-bond donors (Lipinski definition) is 2. The minimum absolute atomic E-state index is 0.155. The van der Waals surface area contributed by atoms with Gasteiger partial charge in [-0.1, -0.05) is 18.2 Å². The number of methoxy groups -OCH3 is 1. The van der Waals surface area contributed by atoms with Crippen molar-refractivity contribution >= 4 is 33.5 Å². The van der Waals surface area contributed by atoms with Crippen LogP contribution >= 0.6 is 0 Å². The zero-order chi connectivity index (χ0) is 19.1. The smallest absolute Gasteiger partial charge is 0.417 e. The van der Waals surface area contributed by atoms with Crippen molar-refractivity contribution in [3.8, 4) is 5.75 Å². The molecule has 0 aliphatic heterocycles. The van der Waals surface area contributed by atoms with Gasteiger partial charge in [0.2, 0.25) is 5.91 Å². The van der Waals surface area contributed by atoms with E-state index in [4.69, 9.17) is 9.15 Å². The Labute approximate surface area is 146 Å². The number of alkyl halides is 3. The summed E-state index contributed by atoms with van der Waals surface area (Å²) < 4.78 is 49.1. The number of benzene rings is 2. The fraction of sp³-hybridized carbons (Fsp3) is 0.278. The SMILES string of the molecule is COc1cc2c(cc1NC(=O)CC(C)(O)C(F)(F)F)oc1ccccc12. The van der Waals surface area contributed by atoms with Gasteiger partial charge in [0.25, 0.3) is 0 Å². The van der Waals surface area contributed by atoms with Crippen molar-refractivity contribution in [3.63, 3.8) is 0 Å². The Balaban J connectivity index is 1.94. The average Bonchev–Trinajstić information content (AvgIpc) is 2.89. The first-order chi connectivity index (χ1) is 12.1. The van der Waals surface area contributed by atoms with Crippen LogP contribution in [0, 0.1) is 0 Å². The summed E-state index contributed by atoms with van der Waals surface area (Å²) in [7, 11) is 1.38. The Hall–Kier alpha value is -2.74. The van der Waals surface area contributed by atoms with Crippen molar-refractivity contribution < 1.29 is 32.2 Å². The second kappa shape index (κ2) is 6.21. The van der Waals surface area contributed by atoms with Gasteiger partial charge in [-0.3, -0.25) is 4.79 Å². The summed E-state index contributed by atoms with van der Waals surface area (Å²) in [5.41, 5.74) is -1.90. The number of para-hydroxylation sites is 1. The number of fused-ring (bicyclic) bond motifs is 3. The molecule has 0 bridgehead atoms. The average molecular weight is 367 g/mol. The van der Waals surface area contributed by atoms with Crippen LogP contribution in [0.4, 0.5) is 18.9 Å². The van der Waals surface area contributed by atoms with Crippen molar-refractivity contribution in [2.24, 2.45) is 0 Å². The first-order valence-corrected chi connectivity index (χ1v) is 7.70. The number of nitrogens with one attached hydrogen (secondary N) is 1. The Kier molecular flexibility index (Phi) is 4.31. The van der Waals surface area contributed by atoms with Crippen LogP contribution in [-0.2, 0) is 4.79 Å². The van der Waals surface area contributed by atoms with Gasteiger partial charge >= 0.3 is 6.18 Å². The maximum absolute atomic E-state index is 12.7. The molecule has 1 amide bonds. The van der Waals surface area contributed by atoms with Gasteiger partial charge < -0.3 is 19.6 Å². The summed E-state index contributed by atoms with van der Waals surface area (Å²) in [4.78, 5) is 12.0. The number of hydrogen-bond acceptors (Lipinski definition) is 4. The van der Waals surface area contributed by atoms with Gasteiger partial charge in [-0.2, -0.15) is 13.2 Å². The number of carbonyl (C=O) groups excluding carboxylic acids is 1. The van der Waals surface area contributed by atoms with Gasteiger partial charge in [-0.05, 0) is 19.1 Å². The zero-order valence-electron chi connectivity index (χ0n) is 14.0. The number of amides is 1. The van der Waals surface area contributed by atoms with Crippen molar-refractivity contribution in [1.29, 1.82) is 0 Å². The second-order valence-electron chi connectivity index (χ2n) is 6.14. The van der Waals surface area contributed by atoms with E-state index in [0.717, 1.165) is 10.8 Å². The maximum Gasteiger partial charge on any atom is 0.417 e. The number of rotatable bonds is 4. The fourth-order valence-corrected chi connectivity index (χ4v) is 2.63. The molecule has 2 N–H and O–H groups in total. The standard InChI is InChI=1S/C18H16F3NO4/c1-17(24,18(19,20)21)9-16(23)22-12-8-14-11(7-15(12)25-2)10-5-3-4-6-13(10)26-14/h3-8,24H,9H2,1-2H3,(H,22,23). The molecule has 3 aromatic rings. The monoisotopic (exact) mass is 367 g/mol. The molecule has 138 valence electrons. The zero-order valence-corrected chi connectivity index (χ0v) is 14.0. The highest BCUT2D eigenvalue weighted by molar-refractivity contribution is 6.07. The van der Waals surface area contributed by atoms with Gasteiger partial charge in [0.05, 0.1) is 19.2 Å². The normalized spacial score (nSPS) is 14.4. The van der Waals surface area contributed by atoms with Crippen LogP contribution in [0.25, 0.3) is 21.9 Å². The number of carbonyl (C=O) groups is 1. The van der Waals surface area contributed by atoms with Crippen molar-refractivity contribution in [2.75, 3.05) is 12.4 Å². The molecule has 1 aromatic heterocycles. The highest BCUT2D eigenvalue weighted by Gasteiger charge is 2.51. The quantitative estimate of drug-likeness (QED) is 0.724. The van der Waals surface area contributed by atoms with Crippen LogP contribution in [0.2, 0.25) is 0 Å². The molecule has 1 heterocycles. The molecule has 5 nitrogen and oxygen atoms in total. The molecule has 0 fully saturated rings. The molecule has 0 aliphatic rings. The highest BCUT2D eigenvalue weighted by Crippen LogP contribution is 2.37. The lowest BCUT2D eigenvalue weighted by Gasteiger charge is -2.25. The Bertz CT molecular complexity index is 976. The molecular weight excluding hydrogens is 351 g/mol. The summed E-state index contributed by atoms with van der Waals surface area (Å²) in [6.45, 7) is 0.548. The van der Waals surface area contributed by atoms with E-state index in [1.165, 1.54) is 13.2 Å². The Morgan fingerprint density at radius 3 is 2.54 bits per heavy atom. The molecule has 2 aromatic carbocycles. The maximum atomic E-state index is 12.7. The van der Waals surface area contributed by atoms with Gasteiger partial charge in [-0.25, -0.2) is 0 Å². The van der Waals surface area contributed by atoms with Crippen LogP contribution in [0.1, 0.15) is 13.3 Å². The lowest BCUT2D eigenvalue weighted by molar-refractivity contribution is -0.252. The van der Waals surface area contributed by atoms with Crippen LogP contribution in [0.5, 0.6) is 5.75 Å². The molecular formula is C18H16F3NO4. The summed E-state index contributed by atoms with van der Waals surface area (Å²) in [6.07, 6.45) is -6.06. The van der Waals surface area contributed by atoms with Gasteiger partial charge in [0, 0.05) is 16.8 Å². The van der Waals surface area contributed by atoms with Gasteiger partial charge in [-0.15, -0.1) is 0 Å². The molecule has 0 aliphatic carbocycles. The molecule has 8 heteroatoms. The molecule has 3 rings (SSSR count). The van der Waals surface area contributed by atoms with E-state index < -0.39 is 24.1 Å². The summed E-state index contributed by atoms with van der Waals surface area (Å²) >= 11 is 0. The van der Waals surface area contributed by atoms with E-state index in [0.29, 0.717) is 18.1 Å². The van der Waals surface area contributed by atoms with E-state index in [1.54, 1.807) is 12.1 Å². The molecule has 0 saturated carbocycles. The summed E-state index contributed by atoms with van der Waals surface area (Å²) in [6, 6.07) is 10.4. The molecule has 0 saturated heterocycles. The van der Waals surface area contributed by atoms with Crippen molar-refractivity contribution in [1.82, 2.24) is 0 Å².